The first-order valence-corrected chi connectivity index (χ1v) is 7.52. The van der Waals surface area contributed by atoms with E-state index in [2.05, 4.69) is 0 Å². The van der Waals surface area contributed by atoms with Crippen LogP contribution >= 0.6 is 10.7 Å². The molecule has 0 atom stereocenters. The number of rotatable bonds is 4. The standard InChI is InChI=1S/C11H15ClO4S/c1-7-6-9(4-5-17(12,14)15)11(16-3)8(2)10(7)13/h6,13H,4-5H2,1-3H3. The highest BCUT2D eigenvalue weighted by Crippen LogP contribution is 2.34. The van der Waals surface area contributed by atoms with Crippen molar-refractivity contribution in [1.82, 2.24) is 0 Å². The third-order valence-electron chi connectivity index (χ3n) is 2.57. The molecule has 1 aromatic carbocycles. The van der Waals surface area contributed by atoms with Crippen molar-refractivity contribution in [2.24, 2.45) is 0 Å². The molecule has 0 aliphatic carbocycles. The number of phenolic OH excluding ortho intramolecular Hbond substituents is 1. The summed E-state index contributed by atoms with van der Waals surface area (Å²) in [5.74, 6) is 0.516. The minimum atomic E-state index is -3.53. The summed E-state index contributed by atoms with van der Waals surface area (Å²) in [6.45, 7) is 3.47. The molecule has 0 saturated carbocycles. The Balaban J connectivity index is 3.15. The molecule has 6 heteroatoms. The van der Waals surface area contributed by atoms with Gasteiger partial charge >= 0.3 is 0 Å². The third kappa shape index (κ3) is 3.51. The molecule has 1 N–H and O–H groups in total. The van der Waals surface area contributed by atoms with Crippen LogP contribution in [0.3, 0.4) is 0 Å². The molecule has 4 nitrogen and oxygen atoms in total. The number of phenols is 1. The van der Waals surface area contributed by atoms with Crippen LogP contribution in [0.1, 0.15) is 16.7 Å². The largest absolute Gasteiger partial charge is 0.507 e. The minimum absolute atomic E-state index is 0.158. The Morgan fingerprint density at radius 2 is 2.00 bits per heavy atom. The Morgan fingerprint density at radius 1 is 1.41 bits per heavy atom. The first-order chi connectivity index (χ1) is 7.76. The summed E-state index contributed by atoms with van der Waals surface area (Å²) in [5.41, 5.74) is 2.02. The van der Waals surface area contributed by atoms with Crippen molar-refractivity contribution in [3.05, 3.63) is 22.8 Å². The Kier molecular flexibility index (Phi) is 4.27. The molecular formula is C11H15ClO4S. The fourth-order valence-corrected chi connectivity index (χ4v) is 2.44. The highest BCUT2D eigenvalue weighted by molar-refractivity contribution is 8.13. The number of aromatic hydroxyl groups is 1. The minimum Gasteiger partial charge on any atom is -0.507 e. The van der Waals surface area contributed by atoms with E-state index < -0.39 is 9.05 Å². The van der Waals surface area contributed by atoms with Crippen LogP contribution in [0.25, 0.3) is 0 Å². The predicted molar refractivity (Wildman–Crippen MR) is 67.5 cm³/mol. The van der Waals surface area contributed by atoms with Crippen molar-refractivity contribution in [2.45, 2.75) is 20.3 Å². The summed E-state index contributed by atoms with van der Waals surface area (Å²) < 4.78 is 27.0. The van der Waals surface area contributed by atoms with E-state index in [1.807, 2.05) is 0 Å². The average molecular weight is 279 g/mol. The van der Waals surface area contributed by atoms with Gasteiger partial charge in [0.05, 0.1) is 12.9 Å². The smallest absolute Gasteiger partial charge is 0.232 e. The van der Waals surface area contributed by atoms with Crippen LogP contribution in [-0.4, -0.2) is 26.4 Å². The van der Waals surface area contributed by atoms with E-state index in [9.17, 15) is 13.5 Å². The summed E-state index contributed by atoms with van der Waals surface area (Å²) in [6, 6.07) is 1.71. The van der Waals surface area contributed by atoms with E-state index in [1.54, 1.807) is 19.9 Å². The molecule has 0 heterocycles. The molecule has 96 valence electrons. The molecule has 0 unspecified atom stereocenters. The van der Waals surface area contributed by atoms with Crippen LogP contribution in [0, 0.1) is 13.8 Å². The molecule has 0 bridgehead atoms. The van der Waals surface area contributed by atoms with Gasteiger partial charge in [-0.2, -0.15) is 0 Å². The lowest BCUT2D eigenvalue weighted by Crippen LogP contribution is -2.04. The summed E-state index contributed by atoms with van der Waals surface area (Å²) in [5, 5.41) is 9.75. The number of methoxy groups -OCH3 is 1. The second-order valence-corrected chi connectivity index (χ2v) is 6.75. The Bertz CT molecular complexity index is 523. The van der Waals surface area contributed by atoms with E-state index in [-0.39, 0.29) is 17.9 Å². The van der Waals surface area contributed by atoms with Crippen molar-refractivity contribution in [1.29, 1.82) is 0 Å². The maximum absolute atomic E-state index is 10.9. The molecule has 0 fully saturated rings. The molecule has 0 aliphatic heterocycles. The van der Waals surface area contributed by atoms with Gasteiger partial charge in [0, 0.05) is 16.2 Å². The molecule has 0 radical (unpaired) electrons. The highest BCUT2D eigenvalue weighted by Gasteiger charge is 2.15. The topological polar surface area (TPSA) is 63.6 Å². The number of hydrogen-bond donors (Lipinski definition) is 1. The first kappa shape index (κ1) is 14.1. The molecule has 1 aromatic rings. The quantitative estimate of drug-likeness (QED) is 0.857. The van der Waals surface area contributed by atoms with Crippen LogP contribution in [0.2, 0.25) is 0 Å². The van der Waals surface area contributed by atoms with Crippen molar-refractivity contribution in [3.8, 4) is 11.5 Å². The van der Waals surface area contributed by atoms with Crippen molar-refractivity contribution in [2.75, 3.05) is 12.9 Å². The van der Waals surface area contributed by atoms with E-state index >= 15 is 0 Å². The van der Waals surface area contributed by atoms with Crippen LogP contribution in [0.15, 0.2) is 6.07 Å². The number of aryl methyl sites for hydroxylation is 2. The normalized spacial score (nSPS) is 11.5. The van der Waals surface area contributed by atoms with Gasteiger partial charge in [-0.3, -0.25) is 0 Å². The van der Waals surface area contributed by atoms with Crippen LogP contribution < -0.4 is 4.74 Å². The van der Waals surface area contributed by atoms with Crippen molar-refractivity contribution in [3.63, 3.8) is 0 Å². The van der Waals surface area contributed by atoms with Gasteiger partial charge < -0.3 is 9.84 Å². The zero-order valence-electron chi connectivity index (χ0n) is 9.95. The summed E-state index contributed by atoms with van der Waals surface area (Å²) in [7, 11) is 3.12. The van der Waals surface area contributed by atoms with Gasteiger partial charge in [-0.1, -0.05) is 0 Å². The molecule has 0 aromatic heterocycles. The van der Waals surface area contributed by atoms with Crippen molar-refractivity contribution < 1.29 is 18.3 Å². The molecule has 17 heavy (non-hydrogen) atoms. The van der Waals surface area contributed by atoms with E-state index in [4.69, 9.17) is 15.4 Å². The molecule has 1 rings (SSSR count). The Hall–Kier alpha value is -0.940. The highest BCUT2D eigenvalue weighted by atomic mass is 35.7. The fourth-order valence-electron chi connectivity index (χ4n) is 1.74. The van der Waals surface area contributed by atoms with E-state index in [0.717, 1.165) is 5.56 Å². The molecule has 0 amide bonds. The monoisotopic (exact) mass is 278 g/mol. The van der Waals surface area contributed by atoms with Crippen LogP contribution in [-0.2, 0) is 15.5 Å². The SMILES string of the molecule is COc1c(CCS(=O)(=O)Cl)cc(C)c(O)c1C. The number of benzene rings is 1. The number of hydrogen-bond acceptors (Lipinski definition) is 4. The zero-order valence-corrected chi connectivity index (χ0v) is 11.5. The number of ether oxygens (including phenoxy) is 1. The van der Waals surface area contributed by atoms with Crippen LogP contribution in [0.4, 0.5) is 0 Å². The zero-order chi connectivity index (χ0) is 13.2. The molecule has 0 saturated heterocycles. The lowest BCUT2D eigenvalue weighted by atomic mass is 10.0. The fraction of sp³-hybridized carbons (Fsp3) is 0.455. The summed E-state index contributed by atoms with van der Waals surface area (Å²) in [4.78, 5) is 0. The first-order valence-electron chi connectivity index (χ1n) is 5.04. The Labute approximate surface area is 106 Å². The van der Waals surface area contributed by atoms with Gasteiger partial charge in [0.2, 0.25) is 9.05 Å². The molecule has 0 spiro atoms. The second kappa shape index (κ2) is 5.14. The summed E-state index contributed by atoms with van der Waals surface area (Å²) in [6.07, 6.45) is 0.261. The van der Waals surface area contributed by atoms with Gasteiger partial charge in [0.25, 0.3) is 0 Å². The maximum Gasteiger partial charge on any atom is 0.232 e. The lowest BCUT2D eigenvalue weighted by molar-refractivity contribution is 0.397. The van der Waals surface area contributed by atoms with Gasteiger partial charge in [-0.05, 0) is 37.5 Å². The van der Waals surface area contributed by atoms with Crippen LogP contribution in [0.5, 0.6) is 11.5 Å². The maximum atomic E-state index is 10.9. The second-order valence-electron chi connectivity index (χ2n) is 3.85. The molecule has 0 aliphatic rings. The lowest BCUT2D eigenvalue weighted by Gasteiger charge is -2.14. The summed E-state index contributed by atoms with van der Waals surface area (Å²) >= 11 is 0. The van der Waals surface area contributed by atoms with E-state index in [1.165, 1.54) is 7.11 Å². The molecular weight excluding hydrogens is 264 g/mol. The van der Waals surface area contributed by atoms with E-state index in [0.29, 0.717) is 16.9 Å². The van der Waals surface area contributed by atoms with Gasteiger partial charge in [-0.25, -0.2) is 8.42 Å². The number of halogens is 1. The van der Waals surface area contributed by atoms with Crippen molar-refractivity contribution >= 4 is 19.7 Å². The third-order valence-corrected chi connectivity index (χ3v) is 3.73. The van der Waals surface area contributed by atoms with Gasteiger partial charge in [0.15, 0.2) is 0 Å². The predicted octanol–water partition coefficient (Wildman–Crippen LogP) is 2.13. The Morgan fingerprint density at radius 3 is 2.47 bits per heavy atom. The van der Waals surface area contributed by atoms with Gasteiger partial charge in [-0.15, -0.1) is 0 Å². The van der Waals surface area contributed by atoms with Gasteiger partial charge in [0.1, 0.15) is 11.5 Å². The average Bonchev–Trinajstić information content (AvgIpc) is 2.22.